The van der Waals surface area contributed by atoms with Crippen molar-refractivity contribution in [1.82, 2.24) is 0 Å². The predicted octanol–water partition coefficient (Wildman–Crippen LogP) is 3.96. The number of carbonyl (C=O) groups is 1. The number of hydrogen-bond donors (Lipinski definition) is 1. The molecule has 4 aliphatic rings. The summed E-state index contributed by atoms with van der Waals surface area (Å²) in [7, 11) is 0. The predicted molar refractivity (Wildman–Crippen MR) is 82.7 cm³/mol. The quantitative estimate of drug-likeness (QED) is 0.733. The van der Waals surface area contributed by atoms with E-state index in [9.17, 15) is 9.90 Å². The van der Waals surface area contributed by atoms with Crippen LogP contribution in [0.1, 0.15) is 71.6 Å². The first kappa shape index (κ1) is 14.2. The van der Waals surface area contributed by atoms with Crippen molar-refractivity contribution in [1.29, 1.82) is 0 Å². The zero-order valence-electron chi connectivity index (χ0n) is 13.6. The van der Waals surface area contributed by atoms with Crippen LogP contribution in [0.3, 0.4) is 0 Å². The molecule has 21 heavy (non-hydrogen) atoms. The monoisotopic (exact) mass is 290 g/mol. The Morgan fingerprint density at radius 3 is 2.62 bits per heavy atom. The van der Waals surface area contributed by atoms with E-state index in [-0.39, 0.29) is 11.2 Å². The van der Waals surface area contributed by atoms with Crippen LogP contribution < -0.4 is 0 Å². The molecule has 4 rings (SSSR count). The second kappa shape index (κ2) is 4.57. The van der Waals surface area contributed by atoms with E-state index in [1.807, 2.05) is 0 Å². The SMILES string of the molecule is C[C@]12CCCC[C@@H]1CC[C@@H]1[C@@H]2CC[C@]2(C)C(=O)[C@H](O)C[C@@H]12. The number of hydrogen-bond acceptors (Lipinski definition) is 2. The maximum atomic E-state index is 12.4. The molecule has 0 aliphatic heterocycles. The van der Waals surface area contributed by atoms with Crippen molar-refractivity contribution >= 4 is 5.78 Å². The van der Waals surface area contributed by atoms with Crippen LogP contribution >= 0.6 is 0 Å². The lowest BCUT2D eigenvalue weighted by molar-refractivity contribution is -0.141. The lowest BCUT2D eigenvalue weighted by Crippen LogP contribution is -2.52. The van der Waals surface area contributed by atoms with Gasteiger partial charge in [-0.2, -0.15) is 0 Å². The summed E-state index contributed by atoms with van der Waals surface area (Å²) in [5.41, 5.74) is 0.317. The summed E-state index contributed by atoms with van der Waals surface area (Å²) < 4.78 is 0. The molecule has 0 aromatic rings. The van der Waals surface area contributed by atoms with Crippen LogP contribution in [0, 0.1) is 34.5 Å². The number of aliphatic hydroxyl groups excluding tert-OH is 1. The Labute approximate surface area is 128 Å². The molecule has 0 heterocycles. The summed E-state index contributed by atoms with van der Waals surface area (Å²) in [6.45, 7) is 4.71. The number of ketones is 1. The van der Waals surface area contributed by atoms with Crippen LogP contribution in [0.4, 0.5) is 0 Å². The third kappa shape index (κ3) is 1.77. The topological polar surface area (TPSA) is 37.3 Å². The highest BCUT2D eigenvalue weighted by Crippen LogP contribution is 2.65. The first-order chi connectivity index (χ1) is 9.97. The fraction of sp³-hybridized carbons (Fsp3) is 0.947. The molecule has 4 saturated carbocycles. The van der Waals surface area contributed by atoms with Gasteiger partial charge < -0.3 is 5.11 Å². The van der Waals surface area contributed by atoms with Crippen molar-refractivity contribution in [2.75, 3.05) is 0 Å². The number of rotatable bonds is 0. The lowest BCUT2D eigenvalue weighted by atomic mass is 9.45. The van der Waals surface area contributed by atoms with Gasteiger partial charge in [0.1, 0.15) is 6.10 Å². The van der Waals surface area contributed by atoms with Gasteiger partial charge in [0, 0.05) is 5.41 Å². The van der Waals surface area contributed by atoms with Crippen molar-refractivity contribution in [2.45, 2.75) is 77.7 Å². The highest BCUT2D eigenvalue weighted by atomic mass is 16.3. The number of fused-ring (bicyclic) bond motifs is 5. The second-order valence-corrected chi connectivity index (χ2v) is 8.97. The van der Waals surface area contributed by atoms with Crippen molar-refractivity contribution in [3.63, 3.8) is 0 Å². The van der Waals surface area contributed by atoms with E-state index in [4.69, 9.17) is 0 Å². The largest absolute Gasteiger partial charge is 0.385 e. The van der Waals surface area contributed by atoms with Gasteiger partial charge in [-0.1, -0.05) is 26.7 Å². The van der Waals surface area contributed by atoms with Crippen molar-refractivity contribution in [2.24, 2.45) is 34.5 Å². The van der Waals surface area contributed by atoms with E-state index in [0.717, 1.165) is 24.7 Å². The molecule has 2 heteroatoms. The van der Waals surface area contributed by atoms with Gasteiger partial charge in [0.2, 0.25) is 0 Å². The molecule has 0 aromatic carbocycles. The smallest absolute Gasteiger partial charge is 0.167 e. The average molecular weight is 290 g/mol. The van der Waals surface area contributed by atoms with Gasteiger partial charge in [-0.25, -0.2) is 0 Å². The standard InChI is InChI=1S/C19H30O2/c1-18-9-4-3-5-12(18)6-7-13-14(18)8-10-19(2)15(13)11-16(20)17(19)21/h12-16,20H,3-11H2,1-2H3/t12-,13-,14+,15+,16-,18+,19+/m1/s1. The summed E-state index contributed by atoms with van der Waals surface area (Å²) >= 11 is 0. The minimum Gasteiger partial charge on any atom is -0.385 e. The minimum absolute atomic E-state index is 0.155. The first-order valence-electron chi connectivity index (χ1n) is 9.19. The molecule has 0 saturated heterocycles. The van der Waals surface area contributed by atoms with Crippen LogP contribution in [0.5, 0.6) is 0 Å². The van der Waals surface area contributed by atoms with E-state index in [0.29, 0.717) is 17.3 Å². The van der Waals surface area contributed by atoms with E-state index >= 15 is 0 Å². The molecular formula is C19H30O2. The maximum Gasteiger partial charge on any atom is 0.167 e. The summed E-state index contributed by atoms with van der Waals surface area (Å²) in [5, 5.41) is 10.1. The van der Waals surface area contributed by atoms with Crippen LogP contribution in [-0.4, -0.2) is 17.0 Å². The molecule has 0 unspecified atom stereocenters. The van der Waals surface area contributed by atoms with Gasteiger partial charge in [0.25, 0.3) is 0 Å². The Hall–Kier alpha value is -0.370. The molecule has 0 aromatic heterocycles. The van der Waals surface area contributed by atoms with Crippen LogP contribution in [0.2, 0.25) is 0 Å². The Morgan fingerprint density at radius 1 is 1.00 bits per heavy atom. The highest BCUT2D eigenvalue weighted by molar-refractivity contribution is 5.91. The normalized spacial score (nSPS) is 56.5. The third-order valence-electron chi connectivity index (χ3n) is 8.32. The zero-order chi connectivity index (χ0) is 14.8. The molecule has 0 amide bonds. The Balaban J connectivity index is 1.67. The van der Waals surface area contributed by atoms with Gasteiger partial charge >= 0.3 is 0 Å². The summed E-state index contributed by atoms with van der Waals surface area (Å²) in [5.74, 6) is 3.05. The summed E-state index contributed by atoms with van der Waals surface area (Å²) in [6, 6.07) is 0. The minimum atomic E-state index is -0.671. The molecule has 4 aliphatic carbocycles. The van der Waals surface area contributed by atoms with E-state index in [1.54, 1.807) is 0 Å². The molecule has 118 valence electrons. The fourth-order valence-corrected chi connectivity index (χ4v) is 7.08. The van der Waals surface area contributed by atoms with Crippen LogP contribution in [-0.2, 0) is 4.79 Å². The molecule has 0 bridgehead atoms. The first-order valence-corrected chi connectivity index (χ1v) is 9.19. The van der Waals surface area contributed by atoms with Gasteiger partial charge in [-0.3, -0.25) is 4.79 Å². The molecule has 2 nitrogen and oxygen atoms in total. The fourth-order valence-electron chi connectivity index (χ4n) is 7.08. The molecule has 0 radical (unpaired) electrons. The van der Waals surface area contributed by atoms with Crippen molar-refractivity contribution in [3.8, 4) is 0 Å². The van der Waals surface area contributed by atoms with Gasteiger partial charge in [0.05, 0.1) is 0 Å². The van der Waals surface area contributed by atoms with E-state index < -0.39 is 6.10 Å². The zero-order valence-corrected chi connectivity index (χ0v) is 13.6. The third-order valence-corrected chi connectivity index (χ3v) is 8.32. The van der Waals surface area contributed by atoms with E-state index in [2.05, 4.69) is 13.8 Å². The lowest BCUT2D eigenvalue weighted by Gasteiger charge is -2.59. The Kier molecular flexibility index (Phi) is 3.10. The van der Waals surface area contributed by atoms with E-state index in [1.165, 1.54) is 44.9 Å². The molecule has 0 spiro atoms. The van der Waals surface area contributed by atoms with Gasteiger partial charge in [-0.15, -0.1) is 0 Å². The number of Topliss-reactive ketones (excluding diaryl/α,β-unsaturated/α-hetero) is 1. The molecule has 1 N–H and O–H groups in total. The van der Waals surface area contributed by atoms with Crippen molar-refractivity contribution in [3.05, 3.63) is 0 Å². The molecule has 4 fully saturated rings. The van der Waals surface area contributed by atoms with Gasteiger partial charge in [0.15, 0.2) is 5.78 Å². The number of carbonyl (C=O) groups excluding carboxylic acids is 1. The number of aliphatic hydroxyl groups is 1. The molecule has 7 atom stereocenters. The van der Waals surface area contributed by atoms with Crippen LogP contribution in [0.15, 0.2) is 0 Å². The average Bonchev–Trinajstić information content (AvgIpc) is 2.70. The Morgan fingerprint density at radius 2 is 1.81 bits per heavy atom. The molecular weight excluding hydrogens is 260 g/mol. The summed E-state index contributed by atoms with van der Waals surface area (Å²) in [6.07, 6.45) is 10.7. The Bertz CT molecular complexity index is 458. The maximum absolute atomic E-state index is 12.4. The highest BCUT2D eigenvalue weighted by Gasteiger charge is 2.61. The van der Waals surface area contributed by atoms with Gasteiger partial charge in [-0.05, 0) is 74.0 Å². The summed E-state index contributed by atoms with van der Waals surface area (Å²) in [4.78, 5) is 12.4. The second-order valence-electron chi connectivity index (χ2n) is 8.97. The van der Waals surface area contributed by atoms with Crippen molar-refractivity contribution < 1.29 is 9.90 Å². The van der Waals surface area contributed by atoms with Crippen LogP contribution in [0.25, 0.3) is 0 Å².